The summed E-state index contributed by atoms with van der Waals surface area (Å²) in [5, 5.41) is 4.72. The molecule has 0 bridgehead atoms. The number of halogens is 4. The molecule has 1 fully saturated rings. The van der Waals surface area contributed by atoms with Crippen molar-refractivity contribution in [1.29, 1.82) is 0 Å². The van der Waals surface area contributed by atoms with E-state index in [0.717, 1.165) is 18.2 Å². The zero-order chi connectivity index (χ0) is 14.9. The average Bonchev–Trinajstić information content (AvgIpc) is 2.77. The maximum atomic E-state index is 12.6. The van der Waals surface area contributed by atoms with Gasteiger partial charge in [-0.1, -0.05) is 11.6 Å². The molecule has 0 aliphatic carbocycles. The summed E-state index contributed by atoms with van der Waals surface area (Å²) in [6.07, 6.45) is -4.00. The number of carbonyl (C=O) groups is 2. The molecule has 2 amide bonds. The lowest BCUT2D eigenvalue weighted by Crippen LogP contribution is -2.37. The lowest BCUT2D eigenvalue weighted by Gasteiger charge is -2.14. The van der Waals surface area contributed by atoms with E-state index in [1.54, 1.807) is 0 Å². The van der Waals surface area contributed by atoms with E-state index in [9.17, 15) is 22.8 Å². The molecule has 1 aliphatic rings. The van der Waals surface area contributed by atoms with E-state index in [1.807, 2.05) is 0 Å². The van der Waals surface area contributed by atoms with Gasteiger partial charge in [-0.25, -0.2) is 0 Å². The van der Waals surface area contributed by atoms with Crippen molar-refractivity contribution in [3.8, 4) is 0 Å². The normalized spacial score (nSPS) is 18.8. The molecule has 1 atom stereocenters. The van der Waals surface area contributed by atoms with Crippen LogP contribution in [0, 0.1) is 0 Å². The molecule has 4 nitrogen and oxygen atoms in total. The van der Waals surface area contributed by atoms with E-state index >= 15 is 0 Å². The molecule has 0 saturated carbocycles. The van der Waals surface area contributed by atoms with Gasteiger partial charge >= 0.3 is 6.18 Å². The van der Waals surface area contributed by atoms with Crippen molar-refractivity contribution in [2.75, 3.05) is 5.32 Å². The standard InChI is InChI=1S/C12H10ClF3N2O2/c13-7-2-1-6(12(14,15)16)5-9(7)18-11(20)8-3-4-10(19)17-8/h1-2,5,8H,3-4H2,(H,17,19)(H,18,20)/t8-/m1/s1. The van der Waals surface area contributed by atoms with Crippen molar-refractivity contribution < 1.29 is 22.8 Å². The Hall–Kier alpha value is -1.76. The number of amides is 2. The molecular weight excluding hydrogens is 297 g/mol. The van der Waals surface area contributed by atoms with Crippen molar-refractivity contribution in [2.24, 2.45) is 0 Å². The molecule has 0 spiro atoms. The second kappa shape index (κ2) is 5.32. The summed E-state index contributed by atoms with van der Waals surface area (Å²) in [6.45, 7) is 0. The fraction of sp³-hybridized carbons (Fsp3) is 0.333. The summed E-state index contributed by atoms with van der Waals surface area (Å²) in [7, 11) is 0. The number of alkyl halides is 3. The van der Waals surface area contributed by atoms with E-state index in [4.69, 9.17) is 11.6 Å². The van der Waals surface area contributed by atoms with Crippen LogP contribution < -0.4 is 10.6 Å². The van der Waals surface area contributed by atoms with E-state index in [2.05, 4.69) is 10.6 Å². The van der Waals surface area contributed by atoms with Crippen molar-refractivity contribution in [3.63, 3.8) is 0 Å². The second-order valence-electron chi connectivity index (χ2n) is 4.34. The minimum atomic E-state index is -4.52. The molecule has 2 rings (SSSR count). The molecule has 1 aliphatic heterocycles. The molecule has 2 N–H and O–H groups in total. The Morgan fingerprint density at radius 3 is 2.65 bits per heavy atom. The van der Waals surface area contributed by atoms with Gasteiger partial charge in [0.15, 0.2) is 0 Å². The summed E-state index contributed by atoms with van der Waals surface area (Å²) < 4.78 is 37.7. The number of anilines is 1. The smallest absolute Gasteiger partial charge is 0.344 e. The van der Waals surface area contributed by atoms with Crippen LogP contribution in [0.1, 0.15) is 18.4 Å². The number of hydrogen-bond acceptors (Lipinski definition) is 2. The highest BCUT2D eigenvalue weighted by molar-refractivity contribution is 6.33. The summed E-state index contributed by atoms with van der Waals surface area (Å²) in [4.78, 5) is 22.8. The molecule has 1 aromatic carbocycles. The number of rotatable bonds is 2. The Morgan fingerprint density at radius 1 is 1.40 bits per heavy atom. The first-order valence-electron chi connectivity index (χ1n) is 5.74. The van der Waals surface area contributed by atoms with Crippen LogP contribution in [0.3, 0.4) is 0 Å². The first kappa shape index (κ1) is 14.6. The predicted molar refractivity (Wildman–Crippen MR) is 66.2 cm³/mol. The Kier molecular flexibility index (Phi) is 3.89. The highest BCUT2D eigenvalue weighted by Crippen LogP contribution is 2.33. The van der Waals surface area contributed by atoms with Gasteiger partial charge < -0.3 is 10.6 Å². The lowest BCUT2D eigenvalue weighted by atomic mass is 10.1. The SMILES string of the molecule is O=C1CC[C@H](C(=O)Nc2cc(C(F)(F)F)ccc2Cl)N1. The van der Waals surface area contributed by atoms with Crippen molar-refractivity contribution in [3.05, 3.63) is 28.8 Å². The van der Waals surface area contributed by atoms with Gasteiger partial charge in [-0.05, 0) is 24.6 Å². The Bertz CT molecular complexity index is 560. The topological polar surface area (TPSA) is 58.2 Å². The number of hydrogen-bond donors (Lipinski definition) is 2. The van der Waals surface area contributed by atoms with E-state index in [-0.39, 0.29) is 23.0 Å². The largest absolute Gasteiger partial charge is 0.416 e. The van der Waals surface area contributed by atoms with Crippen LogP contribution in [0.2, 0.25) is 5.02 Å². The Balaban J connectivity index is 2.16. The molecule has 108 valence electrons. The second-order valence-corrected chi connectivity index (χ2v) is 4.75. The van der Waals surface area contributed by atoms with E-state index < -0.39 is 23.7 Å². The number of carbonyl (C=O) groups excluding carboxylic acids is 2. The van der Waals surface area contributed by atoms with Gasteiger partial charge in [0.1, 0.15) is 6.04 Å². The van der Waals surface area contributed by atoms with Crippen LogP contribution in [0.5, 0.6) is 0 Å². The third kappa shape index (κ3) is 3.22. The molecule has 1 saturated heterocycles. The molecule has 20 heavy (non-hydrogen) atoms. The van der Waals surface area contributed by atoms with Gasteiger partial charge in [-0.2, -0.15) is 13.2 Å². The minimum Gasteiger partial charge on any atom is -0.344 e. The van der Waals surface area contributed by atoms with Gasteiger partial charge in [0.05, 0.1) is 16.3 Å². The van der Waals surface area contributed by atoms with Gasteiger partial charge in [-0.3, -0.25) is 9.59 Å². The third-order valence-corrected chi connectivity index (χ3v) is 3.19. The average molecular weight is 307 g/mol. The highest BCUT2D eigenvalue weighted by atomic mass is 35.5. The summed E-state index contributed by atoms with van der Waals surface area (Å²) >= 11 is 5.76. The van der Waals surface area contributed by atoms with Crippen LogP contribution >= 0.6 is 11.6 Å². The van der Waals surface area contributed by atoms with Gasteiger partial charge in [0.25, 0.3) is 0 Å². The molecule has 0 unspecified atom stereocenters. The molecule has 1 aromatic rings. The highest BCUT2D eigenvalue weighted by Gasteiger charge is 2.32. The van der Waals surface area contributed by atoms with Crippen LogP contribution in [0.25, 0.3) is 0 Å². The third-order valence-electron chi connectivity index (χ3n) is 2.86. The van der Waals surface area contributed by atoms with E-state index in [0.29, 0.717) is 6.42 Å². The first-order chi connectivity index (χ1) is 9.27. The van der Waals surface area contributed by atoms with E-state index in [1.165, 1.54) is 0 Å². The molecular formula is C12H10ClF3N2O2. The molecule has 0 aromatic heterocycles. The fourth-order valence-electron chi connectivity index (χ4n) is 1.83. The number of benzene rings is 1. The quantitative estimate of drug-likeness (QED) is 0.882. The zero-order valence-electron chi connectivity index (χ0n) is 10.1. The Morgan fingerprint density at radius 2 is 2.10 bits per heavy atom. The van der Waals surface area contributed by atoms with Crippen molar-refractivity contribution in [1.82, 2.24) is 5.32 Å². The van der Waals surface area contributed by atoms with Gasteiger partial charge in [0.2, 0.25) is 11.8 Å². The number of nitrogens with one attached hydrogen (secondary N) is 2. The predicted octanol–water partition coefficient (Wildman–Crippen LogP) is 2.58. The van der Waals surface area contributed by atoms with Crippen LogP contribution in [0.15, 0.2) is 18.2 Å². The maximum Gasteiger partial charge on any atom is 0.416 e. The van der Waals surface area contributed by atoms with Crippen LogP contribution in [-0.2, 0) is 15.8 Å². The summed E-state index contributed by atoms with van der Waals surface area (Å²) in [5.74, 6) is -0.850. The molecule has 0 radical (unpaired) electrons. The van der Waals surface area contributed by atoms with Crippen LogP contribution in [-0.4, -0.2) is 17.9 Å². The zero-order valence-corrected chi connectivity index (χ0v) is 10.8. The minimum absolute atomic E-state index is 0.00401. The monoisotopic (exact) mass is 306 g/mol. The Labute approximate surface area is 117 Å². The summed E-state index contributed by atoms with van der Waals surface area (Å²) in [6, 6.07) is 1.91. The maximum absolute atomic E-state index is 12.6. The molecule has 8 heteroatoms. The van der Waals surface area contributed by atoms with Gasteiger partial charge in [-0.15, -0.1) is 0 Å². The fourth-order valence-corrected chi connectivity index (χ4v) is 1.99. The first-order valence-corrected chi connectivity index (χ1v) is 6.12. The van der Waals surface area contributed by atoms with Gasteiger partial charge in [0, 0.05) is 6.42 Å². The lowest BCUT2D eigenvalue weighted by molar-refractivity contribution is -0.137. The van der Waals surface area contributed by atoms with Crippen molar-refractivity contribution >= 4 is 29.1 Å². The summed E-state index contributed by atoms with van der Waals surface area (Å²) in [5.41, 5.74) is -1.04. The van der Waals surface area contributed by atoms with Crippen molar-refractivity contribution in [2.45, 2.75) is 25.1 Å². The molecule has 1 heterocycles. The van der Waals surface area contributed by atoms with Crippen LogP contribution in [0.4, 0.5) is 18.9 Å².